The summed E-state index contributed by atoms with van der Waals surface area (Å²) in [5.74, 6) is -1.08. The Bertz CT molecular complexity index is 858. The zero-order valence-electron chi connectivity index (χ0n) is 13.0. The smallest absolute Gasteiger partial charge is 0.341 e. The zero-order chi connectivity index (χ0) is 17.9. The molecule has 24 heavy (non-hydrogen) atoms. The summed E-state index contributed by atoms with van der Waals surface area (Å²) >= 11 is 0. The van der Waals surface area contributed by atoms with E-state index in [4.69, 9.17) is 9.47 Å². The summed E-state index contributed by atoms with van der Waals surface area (Å²) in [5, 5.41) is 8.32. The Morgan fingerprint density at radius 3 is 2.21 bits per heavy atom. The van der Waals surface area contributed by atoms with Gasteiger partial charge in [0.2, 0.25) is 0 Å². The summed E-state index contributed by atoms with van der Waals surface area (Å²) < 4.78 is 43.5. The lowest BCUT2D eigenvalue weighted by Crippen LogP contribution is -2.18. The average molecular weight is 352 g/mol. The van der Waals surface area contributed by atoms with Crippen LogP contribution >= 0.6 is 0 Å². The first-order valence-electron chi connectivity index (χ1n) is 6.80. The van der Waals surface area contributed by atoms with E-state index in [2.05, 4.69) is 0 Å². The average Bonchev–Trinajstić information content (AvgIpc) is 2.54. The van der Waals surface area contributed by atoms with Gasteiger partial charge in [-0.15, -0.1) is 0 Å². The largest absolute Gasteiger partial charge is 0.508 e. The molecular weight excluding hydrogens is 336 g/mol. The minimum absolute atomic E-state index is 0.0646. The fourth-order valence-corrected chi connectivity index (χ4v) is 3.49. The lowest BCUT2D eigenvalue weighted by Gasteiger charge is -2.20. The minimum Gasteiger partial charge on any atom is -0.508 e. The molecule has 0 spiro atoms. The van der Waals surface area contributed by atoms with Crippen molar-refractivity contribution in [3.05, 3.63) is 59.2 Å². The van der Waals surface area contributed by atoms with Crippen LogP contribution in [-0.4, -0.2) is 38.3 Å². The van der Waals surface area contributed by atoms with Gasteiger partial charge < -0.3 is 14.6 Å². The van der Waals surface area contributed by atoms with Crippen molar-refractivity contribution < 1.29 is 32.3 Å². The highest BCUT2D eigenvalue weighted by atomic mass is 32.2. The number of methoxy groups -OCH3 is 2. The number of carbonyl (C=O) groups is 1. The molecule has 0 radical (unpaired) electrons. The van der Waals surface area contributed by atoms with Crippen LogP contribution in [0.15, 0.2) is 42.5 Å². The lowest BCUT2D eigenvalue weighted by atomic mass is 9.97. The van der Waals surface area contributed by atoms with Crippen LogP contribution in [-0.2, 0) is 14.9 Å². The second-order valence-corrected chi connectivity index (χ2v) is 6.37. The molecule has 1 atom stereocenters. The molecule has 128 valence electrons. The molecule has 0 aliphatic heterocycles. The Morgan fingerprint density at radius 1 is 1.04 bits per heavy atom. The summed E-state index contributed by atoms with van der Waals surface area (Å²) in [5.41, 5.74) is -0.281. The molecule has 0 aliphatic rings. The third kappa shape index (κ3) is 3.34. The molecule has 0 heterocycles. The summed E-state index contributed by atoms with van der Waals surface area (Å²) in [4.78, 5) is 12.1. The van der Waals surface area contributed by atoms with Crippen LogP contribution < -0.4 is 4.74 Å². The Hall–Kier alpha value is -2.58. The number of aromatic hydroxyl groups is 1. The number of para-hydroxylation sites is 1. The molecule has 0 fully saturated rings. The van der Waals surface area contributed by atoms with Gasteiger partial charge in [-0.1, -0.05) is 30.3 Å². The van der Waals surface area contributed by atoms with Gasteiger partial charge in [-0.05, 0) is 17.7 Å². The predicted octanol–water partition coefficient (Wildman–Crippen LogP) is 2.16. The Balaban J connectivity index is 2.83. The number of esters is 1. The summed E-state index contributed by atoms with van der Waals surface area (Å²) in [6.07, 6.45) is 0. The monoisotopic (exact) mass is 352 g/mol. The number of hydrogen-bond acceptors (Lipinski definition) is 6. The molecule has 0 aliphatic carbocycles. The van der Waals surface area contributed by atoms with E-state index >= 15 is 0 Å². The van der Waals surface area contributed by atoms with E-state index in [9.17, 15) is 22.9 Å². The molecule has 0 bridgehead atoms. The first kappa shape index (κ1) is 17.8. The van der Waals surface area contributed by atoms with Crippen molar-refractivity contribution in [2.24, 2.45) is 0 Å². The maximum atomic E-state index is 12.1. The van der Waals surface area contributed by atoms with E-state index < -0.39 is 21.3 Å². The van der Waals surface area contributed by atoms with Crippen molar-refractivity contribution in [3.8, 4) is 11.5 Å². The van der Waals surface area contributed by atoms with Gasteiger partial charge in [0.25, 0.3) is 10.1 Å². The van der Waals surface area contributed by atoms with Crippen molar-refractivity contribution in [1.29, 1.82) is 0 Å². The first-order chi connectivity index (χ1) is 11.3. The molecule has 2 aromatic rings. The zero-order valence-corrected chi connectivity index (χ0v) is 13.8. The third-order valence-electron chi connectivity index (χ3n) is 3.47. The predicted molar refractivity (Wildman–Crippen MR) is 85.8 cm³/mol. The molecule has 0 amide bonds. The van der Waals surface area contributed by atoms with Gasteiger partial charge in [0.05, 0.1) is 14.2 Å². The van der Waals surface area contributed by atoms with E-state index in [1.807, 2.05) is 0 Å². The maximum absolute atomic E-state index is 12.1. The summed E-state index contributed by atoms with van der Waals surface area (Å²) in [7, 11) is -2.25. The fourth-order valence-electron chi connectivity index (χ4n) is 2.45. The molecule has 2 aromatic carbocycles. The van der Waals surface area contributed by atoms with Gasteiger partial charge in [-0.3, -0.25) is 4.55 Å². The first-order valence-corrected chi connectivity index (χ1v) is 8.31. The van der Waals surface area contributed by atoms with Crippen LogP contribution in [0.25, 0.3) is 0 Å². The summed E-state index contributed by atoms with van der Waals surface area (Å²) in [6, 6.07) is 9.91. The Labute approximate surface area is 139 Å². The van der Waals surface area contributed by atoms with Crippen LogP contribution in [0.1, 0.15) is 26.7 Å². The normalized spacial score (nSPS) is 12.5. The number of ether oxygens (including phenoxy) is 2. The van der Waals surface area contributed by atoms with Crippen molar-refractivity contribution in [2.75, 3.05) is 14.2 Å². The molecule has 2 rings (SSSR count). The molecule has 0 saturated carbocycles. The lowest BCUT2D eigenvalue weighted by molar-refractivity contribution is 0.0596. The SMILES string of the molecule is COC(=O)c1c(OC)cccc1C(c1ccccc1O)S(=O)(=O)O. The van der Waals surface area contributed by atoms with E-state index in [0.717, 1.165) is 7.11 Å². The van der Waals surface area contributed by atoms with Gasteiger partial charge in [0.1, 0.15) is 22.3 Å². The highest BCUT2D eigenvalue weighted by Crippen LogP contribution is 2.39. The second-order valence-electron chi connectivity index (χ2n) is 4.87. The van der Waals surface area contributed by atoms with Crippen LogP contribution in [0.5, 0.6) is 11.5 Å². The standard InChI is InChI=1S/C16H16O7S/c1-22-13-9-5-7-11(14(13)16(18)23-2)15(24(19,20)21)10-6-3-4-8-12(10)17/h3-9,15,17H,1-2H3,(H,19,20,21). The molecule has 2 N–H and O–H groups in total. The van der Waals surface area contributed by atoms with E-state index in [1.54, 1.807) is 0 Å². The van der Waals surface area contributed by atoms with Gasteiger partial charge in [-0.25, -0.2) is 4.79 Å². The minimum atomic E-state index is -4.71. The molecule has 0 saturated heterocycles. The Morgan fingerprint density at radius 2 is 1.67 bits per heavy atom. The Kier molecular flexibility index (Phi) is 5.10. The maximum Gasteiger partial charge on any atom is 0.341 e. The number of carbonyl (C=O) groups excluding carboxylic acids is 1. The van der Waals surface area contributed by atoms with E-state index in [-0.39, 0.29) is 28.2 Å². The van der Waals surface area contributed by atoms with Crippen LogP contribution in [0.3, 0.4) is 0 Å². The van der Waals surface area contributed by atoms with E-state index in [0.29, 0.717) is 0 Å². The van der Waals surface area contributed by atoms with E-state index in [1.165, 1.54) is 49.6 Å². The fraction of sp³-hybridized carbons (Fsp3) is 0.188. The van der Waals surface area contributed by atoms with Gasteiger partial charge in [0, 0.05) is 5.56 Å². The molecule has 8 heteroatoms. The molecule has 1 unspecified atom stereocenters. The number of phenolic OH excluding ortho intramolecular Hbond substituents is 1. The topological polar surface area (TPSA) is 110 Å². The van der Waals surface area contributed by atoms with Crippen LogP contribution in [0.2, 0.25) is 0 Å². The number of phenols is 1. The highest BCUT2D eigenvalue weighted by Gasteiger charge is 2.34. The quantitative estimate of drug-likeness (QED) is 0.627. The van der Waals surface area contributed by atoms with Crippen molar-refractivity contribution in [2.45, 2.75) is 5.25 Å². The van der Waals surface area contributed by atoms with Gasteiger partial charge in [0.15, 0.2) is 0 Å². The molecule has 7 nitrogen and oxygen atoms in total. The van der Waals surface area contributed by atoms with Crippen molar-refractivity contribution in [1.82, 2.24) is 0 Å². The van der Waals surface area contributed by atoms with Crippen molar-refractivity contribution in [3.63, 3.8) is 0 Å². The third-order valence-corrected chi connectivity index (χ3v) is 4.57. The highest BCUT2D eigenvalue weighted by molar-refractivity contribution is 7.86. The number of rotatable bonds is 5. The van der Waals surface area contributed by atoms with Crippen LogP contribution in [0.4, 0.5) is 0 Å². The van der Waals surface area contributed by atoms with Crippen LogP contribution in [0, 0.1) is 0 Å². The number of benzene rings is 2. The second kappa shape index (κ2) is 6.90. The molecule has 0 aromatic heterocycles. The van der Waals surface area contributed by atoms with Crippen molar-refractivity contribution >= 4 is 16.1 Å². The molecular formula is C16H16O7S. The summed E-state index contributed by atoms with van der Waals surface area (Å²) in [6.45, 7) is 0. The number of hydrogen-bond donors (Lipinski definition) is 2. The van der Waals surface area contributed by atoms with Gasteiger partial charge in [-0.2, -0.15) is 8.42 Å². The van der Waals surface area contributed by atoms with Gasteiger partial charge >= 0.3 is 5.97 Å².